The van der Waals surface area contributed by atoms with E-state index in [2.05, 4.69) is 10.5 Å². The Morgan fingerprint density at radius 3 is 2.68 bits per heavy atom. The van der Waals surface area contributed by atoms with Gasteiger partial charge in [0.05, 0.1) is 22.3 Å². The largest absolute Gasteiger partial charge is 0.375 e. The lowest BCUT2D eigenvalue weighted by atomic mass is 10.2. The van der Waals surface area contributed by atoms with Crippen molar-refractivity contribution in [2.45, 2.75) is 13.8 Å². The minimum absolute atomic E-state index is 0.190. The number of nitrogens with zero attached hydrogens (tertiary/aromatic N) is 2. The fourth-order valence-electron chi connectivity index (χ4n) is 2.75. The molecule has 0 radical (unpaired) electrons. The maximum atomic E-state index is 12.8. The molecule has 0 saturated heterocycles. The van der Waals surface area contributed by atoms with E-state index in [1.165, 1.54) is 17.9 Å². The van der Waals surface area contributed by atoms with Gasteiger partial charge >= 0.3 is 0 Å². The van der Waals surface area contributed by atoms with E-state index < -0.39 is 11.5 Å². The summed E-state index contributed by atoms with van der Waals surface area (Å²) in [6.45, 7) is 3.34. The molecule has 0 aliphatic heterocycles. The number of hydrogen-bond donors (Lipinski definition) is 2. The summed E-state index contributed by atoms with van der Waals surface area (Å²) in [6.07, 6.45) is 0. The third-order valence-corrected chi connectivity index (χ3v) is 3.88. The van der Waals surface area contributed by atoms with Crippen LogP contribution in [0.2, 0.25) is 0 Å². The predicted octanol–water partition coefficient (Wildman–Crippen LogP) is 0.814. The lowest BCUT2D eigenvalue weighted by Crippen LogP contribution is -2.36. The molecule has 0 bridgehead atoms. The van der Waals surface area contributed by atoms with Crippen LogP contribution in [0.1, 0.15) is 11.3 Å². The number of nitrogens with one attached hydrogen (secondary N) is 2. The van der Waals surface area contributed by atoms with Crippen molar-refractivity contribution in [3.63, 3.8) is 0 Å². The molecule has 0 aliphatic rings. The molecule has 8 nitrogen and oxygen atoms in total. The van der Waals surface area contributed by atoms with Gasteiger partial charge in [-0.05, 0) is 31.5 Å². The van der Waals surface area contributed by atoms with Gasteiger partial charge in [0.25, 0.3) is 17.0 Å². The first-order valence-electron chi connectivity index (χ1n) is 7.65. The van der Waals surface area contributed by atoms with Crippen LogP contribution in [0.4, 0.5) is 0 Å². The quantitative estimate of drug-likeness (QED) is 0.733. The number of pyridine rings is 1. The highest BCUT2D eigenvalue weighted by Gasteiger charge is 2.16. The zero-order valence-electron chi connectivity index (χ0n) is 14.1. The Hall–Kier alpha value is -3.13. The molecule has 25 heavy (non-hydrogen) atoms. The molecule has 2 aromatic heterocycles. The van der Waals surface area contributed by atoms with E-state index in [0.717, 1.165) is 10.2 Å². The topological polar surface area (TPSA) is 98.1 Å². The maximum Gasteiger partial charge on any atom is 0.280 e. The standard InChI is InChI=1S/C17H18N4O4/c1-10-5-4-6-12(7-10)21-17(24)16-11(2)20(19-14(22)9-25-3)15(23)8-13(16)18-21/h4-8,18H,9H2,1-3H3,(H,19,22). The first-order chi connectivity index (χ1) is 11.9. The zero-order chi connectivity index (χ0) is 18.1. The highest BCUT2D eigenvalue weighted by molar-refractivity contribution is 5.86. The van der Waals surface area contributed by atoms with E-state index in [9.17, 15) is 14.4 Å². The van der Waals surface area contributed by atoms with E-state index in [4.69, 9.17) is 4.74 Å². The molecule has 3 aromatic rings. The van der Waals surface area contributed by atoms with E-state index in [-0.39, 0.29) is 12.2 Å². The number of H-pyrrole nitrogens is 1. The molecule has 3 rings (SSSR count). The van der Waals surface area contributed by atoms with Gasteiger partial charge < -0.3 is 4.74 Å². The average Bonchev–Trinajstić information content (AvgIpc) is 2.88. The van der Waals surface area contributed by atoms with Crippen LogP contribution in [0.25, 0.3) is 16.6 Å². The van der Waals surface area contributed by atoms with Crippen LogP contribution in [0, 0.1) is 13.8 Å². The van der Waals surface area contributed by atoms with Crippen LogP contribution in [0.15, 0.2) is 39.9 Å². The van der Waals surface area contributed by atoms with Crippen LogP contribution < -0.4 is 16.5 Å². The smallest absolute Gasteiger partial charge is 0.280 e. The van der Waals surface area contributed by atoms with Gasteiger partial charge in [-0.15, -0.1) is 0 Å². The number of amides is 1. The third kappa shape index (κ3) is 2.99. The SMILES string of the molecule is COCC(=O)Nn1c(C)c2c(=O)n(-c3cccc(C)c3)[nH]c2cc1=O. The van der Waals surface area contributed by atoms with Crippen molar-refractivity contribution in [1.29, 1.82) is 0 Å². The van der Waals surface area contributed by atoms with Crippen molar-refractivity contribution in [2.75, 3.05) is 19.1 Å². The average molecular weight is 342 g/mol. The Kier molecular flexibility index (Phi) is 4.28. The molecule has 0 saturated carbocycles. The van der Waals surface area contributed by atoms with Crippen LogP contribution in [0.3, 0.4) is 0 Å². The molecule has 0 fully saturated rings. The summed E-state index contributed by atoms with van der Waals surface area (Å²) in [7, 11) is 1.38. The molecule has 0 unspecified atom stereocenters. The second-order valence-electron chi connectivity index (χ2n) is 5.75. The van der Waals surface area contributed by atoms with Crippen LogP contribution in [-0.2, 0) is 9.53 Å². The van der Waals surface area contributed by atoms with Crippen molar-refractivity contribution in [2.24, 2.45) is 0 Å². The van der Waals surface area contributed by atoms with Crippen molar-refractivity contribution < 1.29 is 9.53 Å². The Morgan fingerprint density at radius 2 is 2.00 bits per heavy atom. The highest BCUT2D eigenvalue weighted by Crippen LogP contribution is 2.13. The number of carbonyl (C=O) groups is 1. The second-order valence-corrected chi connectivity index (χ2v) is 5.75. The molecule has 130 valence electrons. The Labute approximate surface area is 142 Å². The van der Waals surface area contributed by atoms with Crippen LogP contribution in [-0.4, -0.2) is 34.1 Å². The summed E-state index contributed by atoms with van der Waals surface area (Å²) in [6, 6.07) is 8.71. The summed E-state index contributed by atoms with van der Waals surface area (Å²) in [5.41, 5.74) is 4.12. The number of hydrogen-bond acceptors (Lipinski definition) is 4. The number of ether oxygens (including phenoxy) is 1. The molecule has 0 atom stereocenters. The van der Waals surface area contributed by atoms with Gasteiger partial charge in [0.2, 0.25) is 0 Å². The Morgan fingerprint density at radius 1 is 1.24 bits per heavy atom. The van der Waals surface area contributed by atoms with E-state index in [1.54, 1.807) is 13.0 Å². The number of rotatable bonds is 4. The highest BCUT2D eigenvalue weighted by atomic mass is 16.5. The summed E-state index contributed by atoms with van der Waals surface area (Å²) in [5.74, 6) is -0.485. The van der Waals surface area contributed by atoms with Gasteiger partial charge in [0, 0.05) is 13.2 Å². The summed E-state index contributed by atoms with van der Waals surface area (Å²) in [4.78, 5) is 36.8. The normalized spacial score (nSPS) is 11.0. The summed E-state index contributed by atoms with van der Waals surface area (Å²) >= 11 is 0. The third-order valence-electron chi connectivity index (χ3n) is 3.88. The first kappa shape index (κ1) is 16.7. The number of aromatic nitrogens is 3. The molecule has 2 N–H and O–H groups in total. The van der Waals surface area contributed by atoms with Crippen LogP contribution in [0.5, 0.6) is 0 Å². The fourth-order valence-corrected chi connectivity index (χ4v) is 2.75. The van der Waals surface area contributed by atoms with E-state index in [1.807, 2.05) is 25.1 Å². The number of methoxy groups -OCH3 is 1. The number of carbonyl (C=O) groups excluding carboxylic acids is 1. The van der Waals surface area contributed by atoms with Crippen molar-refractivity contribution in [1.82, 2.24) is 14.5 Å². The number of aryl methyl sites for hydroxylation is 2. The van der Waals surface area contributed by atoms with Gasteiger partial charge in [-0.3, -0.25) is 24.9 Å². The Balaban J connectivity index is 2.19. The van der Waals surface area contributed by atoms with Crippen LogP contribution >= 0.6 is 0 Å². The fraction of sp³-hybridized carbons (Fsp3) is 0.235. The minimum Gasteiger partial charge on any atom is -0.375 e. The lowest BCUT2D eigenvalue weighted by molar-refractivity contribution is -0.120. The first-order valence-corrected chi connectivity index (χ1v) is 7.65. The zero-order valence-corrected chi connectivity index (χ0v) is 14.1. The van der Waals surface area contributed by atoms with E-state index in [0.29, 0.717) is 22.3 Å². The summed E-state index contributed by atoms with van der Waals surface area (Å²) in [5, 5.41) is 3.28. The molecule has 2 heterocycles. The predicted molar refractivity (Wildman–Crippen MR) is 93.9 cm³/mol. The lowest BCUT2D eigenvalue weighted by Gasteiger charge is -2.10. The minimum atomic E-state index is -0.485. The van der Waals surface area contributed by atoms with Gasteiger partial charge in [0.15, 0.2) is 0 Å². The molecular weight excluding hydrogens is 324 g/mol. The van der Waals surface area contributed by atoms with Crippen molar-refractivity contribution in [3.8, 4) is 5.69 Å². The van der Waals surface area contributed by atoms with E-state index >= 15 is 0 Å². The monoisotopic (exact) mass is 342 g/mol. The molecule has 0 spiro atoms. The van der Waals surface area contributed by atoms with Gasteiger partial charge in [-0.25, -0.2) is 9.36 Å². The van der Waals surface area contributed by atoms with Gasteiger partial charge in [0.1, 0.15) is 6.61 Å². The Bertz CT molecular complexity index is 1070. The molecular formula is C17H18N4O4. The number of aromatic amines is 1. The number of benzene rings is 1. The second kappa shape index (κ2) is 6.40. The molecule has 0 aliphatic carbocycles. The van der Waals surface area contributed by atoms with Crippen molar-refractivity contribution >= 4 is 16.8 Å². The summed E-state index contributed by atoms with van der Waals surface area (Å²) < 4.78 is 7.18. The molecule has 1 aromatic carbocycles. The number of fused-ring (bicyclic) bond motifs is 1. The molecule has 1 amide bonds. The van der Waals surface area contributed by atoms with Gasteiger partial charge in [-0.1, -0.05) is 12.1 Å². The molecule has 8 heteroatoms. The van der Waals surface area contributed by atoms with Crippen molar-refractivity contribution in [3.05, 3.63) is 62.3 Å². The maximum absolute atomic E-state index is 12.8. The van der Waals surface area contributed by atoms with Gasteiger partial charge in [-0.2, -0.15) is 0 Å².